The lowest BCUT2D eigenvalue weighted by atomic mass is 9.44. The smallest absolute Gasteiger partial charge is 0.303 e. The quantitative estimate of drug-likeness (QED) is 0.797. The van der Waals surface area contributed by atoms with Crippen LogP contribution in [0.1, 0.15) is 73.1 Å². The van der Waals surface area contributed by atoms with E-state index >= 15 is 0 Å². The number of aliphatic hydroxyl groups is 1. The predicted octanol–water partition coefficient (Wildman–Crippen LogP) is 3.91. The molecule has 7 atom stereocenters. The number of fused-ring (bicyclic) bond motifs is 1. The van der Waals surface area contributed by atoms with Gasteiger partial charge in [0.25, 0.3) is 0 Å². The summed E-state index contributed by atoms with van der Waals surface area (Å²) in [5.74, 6) is 0.168. The fraction of sp³-hybridized carbons (Fsp3) is 0.900. The number of aliphatic hydroxyl groups excluding tert-OH is 1. The van der Waals surface area contributed by atoms with Crippen LogP contribution in [0.25, 0.3) is 0 Å². The zero-order valence-corrected chi connectivity index (χ0v) is 15.8. The first kappa shape index (κ1) is 19.4. The highest BCUT2D eigenvalue weighted by Gasteiger charge is 2.58. The largest absolute Gasteiger partial charge is 0.481 e. The fourth-order valence-corrected chi connectivity index (χ4v) is 5.52. The van der Waals surface area contributed by atoms with Crippen LogP contribution in [0.15, 0.2) is 0 Å². The molecule has 138 valence electrons. The zero-order chi connectivity index (χ0) is 18.3. The maximum absolute atomic E-state index is 12.3. The molecule has 0 amide bonds. The molecule has 0 unspecified atom stereocenters. The highest BCUT2D eigenvalue weighted by Crippen LogP contribution is 2.62. The van der Waals surface area contributed by atoms with Gasteiger partial charge in [-0.25, -0.2) is 0 Å². The molecule has 4 nitrogen and oxygen atoms in total. The number of carbonyl (C=O) groups excluding carboxylic acids is 1. The van der Waals surface area contributed by atoms with Crippen LogP contribution in [0.5, 0.6) is 0 Å². The van der Waals surface area contributed by atoms with Gasteiger partial charge in [-0.05, 0) is 60.7 Å². The first-order chi connectivity index (χ1) is 11.0. The molecule has 0 radical (unpaired) electrons. The van der Waals surface area contributed by atoms with Crippen molar-refractivity contribution >= 4 is 11.8 Å². The van der Waals surface area contributed by atoms with Crippen molar-refractivity contribution in [2.45, 2.75) is 79.2 Å². The average Bonchev–Trinajstić information content (AvgIpc) is 2.50. The van der Waals surface area contributed by atoms with E-state index in [-0.39, 0.29) is 34.9 Å². The van der Waals surface area contributed by atoms with Gasteiger partial charge in [-0.2, -0.15) is 0 Å². The Morgan fingerprint density at radius 1 is 1.33 bits per heavy atom. The lowest BCUT2D eigenvalue weighted by molar-refractivity contribution is -0.165. The SMILES string of the molecule is C[C@@H](CC[C@]1(C)[C@H]2C[C@H](O)C(=O)[C@H](C)[C@@]2(C)CC[C@@H]1C)CC(=O)O. The van der Waals surface area contributed by atoms with E-state index in [0.29, 0.717) is 18.3 Å². The summed E-state index contributed by atoms with van der Waals surface area (Å²) in [6.07, 6.45) is 3.94. The van der Waals surface area contributed by atoms with Crippen LogP contribution in [-0.2, 0) is 9.59 Å². The van der Waals surface area contributed by atoms with Gasteiger partial charge >= 0.3 is 5.97 Å². The van der Waals surface area contributed by atoms with E-state index in [1.807, 2.05) is 13.8 Å². The van der Waals surface area contributed by atoms with Crippen molar-refractivity contribution in [1.82, 2.24) is 0 Å². The molecule has 0 spiro atoms. The minimum atomic E-state index is -0.834. The second-order valence-electron chi connectivity index (χ2n) is 9.12. The molecule has 0 aromatic rings. The van der Waals surface area contributed by atoms with E-state index < -0.39 is 12.1 Å². The van der Waals surface area contributed by atoms with Gasteiger partial charge in [0.1, 0.15) is 6.10 Å². The van der Waals surface area contributed by atoms with E-state index in [1.54, 1.807) is 0 Å². The highest BCUT2D eigenvalue weighted by molar-refractivity contribution is 5.86. The van der Waals surface area contributed by atoms with Crippen LogP contribution in [0, 0.1) is 34.5 Å². The maximum atomic E-state index is 12.3. The van der Waals surface area contributed by atoms with Gasteiger partial charge in [0.15, 0.2) is 5.78 Å². The Hall–Kier alpha value is -0.900. The van der Waals surface area contributed by atoms with Gasteiger partial charge in [0.05, 0.1) is 0 Å². The second kappa shape index (κ2) is 6.78. The average molecular weight is 338 g/mol. The summed E-state index contributed by atoms with van der Waals surface area (Å²) in [6.45, 7) is 10.8. The van der Waals surface area contributed by atoms with Crippen molar-refractivity contribution in [1.29, 1.82) is 0 Å². The van der Waals surface area contributed by atoms with Gasteiger partial charge in [-0.15, -0.1) is 0 Å². The molecule has 2 rings (SSSR count). The minimum Gasteiger partial charge on any atom is -0.481 e. The van der Waals surface area contributed by atoms with Crippen LogP contribution in [-0.4, -0.2) is 28.1 Å². The third kappa shape index (κ3) is 3.26. The minimum absolute atomic E-state index is 0.00454. The lowest BCUT2D eigenvalue weighted by Gasteiger charge is -2.60. The molecule has 0 saturated heterocycles. The number of rotatable bonds is 5. The summed E-state index contributed by atoms with van der Waals surface area (Å²) in [5, 5.41) is 19.3. The Morgan fingerprint density at radius 3 is 2.54 bits per heavy atom. The van der Waals surface area contributed by atoms with E-state index in [2.05, 4.69) is 20.8 Å². The van der Waals surface area contributed by atoms with Crippen molar-refractivity contribution in [3.8, 4) is 0 Å². The molecule has 0 heterocycles. The normalized spacial score (nSPS) is 44.0. The summed E-state index contributed by atoms with van der Waals surface area (Å²) < 4.78 is 0. The number of Topliss-reactive ketones (excluding diaryl/α,β-unsaturated/α-hetero) is 1. The Balaban J connectivity index is 2.22. The topological polar surface area (TPSA) is 74.6 Å². The van der Waals surface area contributed by atoms with E-state index in [9.17, 15) is 14.7 Å². The maximum Gasteiger partial charge on any atom is 0.303 e. The molecule has 2 fully saturated rings. The van der Waals surface area contributed by atoms with Crippen molar-refractivity contribution in [2.75, 3.05) is 0 Å². The first-order valence-electron chi connectivity index (χ1n) is 9.46. The molecule has 2 saturated carbocycles. The molecule has 2 aliphatic rings. The Morgan fingerprint density at radius 2 is 1.96 bits per heavy atom. The van der Waals surface area contributed by atoms with E-state index in [4.69, 9.17) is 5.11 Å². The molecule has 0 bridgehead atoms. The molecule has 2 aliphatic carbocycles. The Kier molecular flexibility index (Phi) is 5.49. The van der Waals surface area contributed by atoms with Gasteiger partial charge in [-0.1, -0.05) is 34.6 Å². The number of aliphatic carboxylic acids is 1. The molecule has 24 heavy (non-hydrogen) atoms. The summed E-state index contributed by atoms with van der Waals surface area (Å²) in [6, 6.07) is 0. The molecular weight excluding hydrogens is 304 g/mol. The van der Waals surface area contributed by atoms with Crippen LogP contribution in [0.2, 0.25) is 0 Å². The van der Waals surface area contributed by atoms with E-state index in [1.165, 1.54) is 0 Å². The Labute approximate surface area is 146 Å². The summed E-state index contributed by atoms with van der Waals surface area (Å²) in [7, 11) is 0. The second-order valence-corrected chi connectivity index (χ2v) is 9.12. The number of carboxylic acids is 1. The molecule has 0 aliphatic heterocycles. The molecule has 0 aromatic heterocycles. The number of ketones is 1. The third-order valence-corrected chi connectivity index (χ3v) is 7.74. The van der Waals surface area contributed by atoms with Gasteiger partial charge in [0.2, 0.25) is 0 Å². The standard InChI is InChI=1S/C20H34O4/c1-12(10-17(22)23)6-8-19(4)13(2)7-9-20(5)14(3)18(24)15(21)11-16(19)20/h12-16,21H,6-11H2,1-5H3,(H,22,23)/t12-,13-,14-,15-,16+,19-,20+/m0/s1. The van der Waals surface area contributed by atoms with Gasteiger partial charge < -0.3 is 10.2 Å². The van der Waals surface area contributed by atoms with Crippen LogP contribution in [0.4, 0.5) is 0 Å². The van der Waals surface area contributed by atoms with Crippen LogP contribution >= 0.6 is 0 Å². The lowest BCUT2D eigenvalue weighted by Crippen LogP contribution is -2.58. The van der Waals surface area contributed by atoms with Gasteiger partial charge in [0, 0.05) is 12.3 Å². The van der Waals surface area contributed by atoms with Crippen molar-refractivity contribution in [3.63, 3.8) is 0 Å². The predicted molar refractivity (Wildman–Crippen MR) is 93.5 cm³/mol. The van der Waals surface area contributed by atoms with Crippen molar-refractivity contribution < 1.29 is 19.8 Å². The fourth-order valence-electron chi connectivity index (χ4n) is 5.52. The molecule has 4 heteroatoms. The first-order valence-corrected chi connectivity index (χ1v) is 9.46. The van der Waals surface area contributed by atoms with Gasteiger partial charge in [-0.3, -0.25) is 9.59 Å². The Bertz CT molecular complexity index is 502. The summed E-state index contributed by atoms with van der Waals surface area (Å²) in [4.78, 5) is 23.3. The number of hydrogen-bond donors (Lipinski definition) is 2. The summed E-state index contributed by atoms with van der Waals surface area (Å²) >= 11 is 0. The number of carbonyl (C=O) groups is 2. The summed E-state index contributed by atoms with van der Waals surface area (Å²) in [5.41, 5.74) is 0.00329. The molecular formula is C20H34O4. The van der Waals surface area contributed by atoms with Crippen molar-refractivity contribution in [2.24, 2.45) is 34.5 Å². The molecule has 0 aromatic carbocycles. The van der Waals surface area contributed by atoms with E-state index in [0.717, 1.165) is 25.7 Å². The zero-order valence-electron chi connectivity index (χ0n) is 15.8. The monoisotopic (exact) mass is 338 g/mol. The third-order valence-electron chi connectivity index (χ3n) is 7.74. The highest BCUT2D eigenvalue weighted by atomic mass is 16.4. The van der Waals surface area contributed by atoms with Crippen molar-refractivity contribution in [3.05, 3.63) is 0 Å². The number of hydrogen-bond acceptors (Lipinski definition) is 3. The van der Waals surface area contributed by atoms with Crippen LogP contribution in [0.3, 0.4) is 0 Å². The molecule has 2 N–H and O–H groups in total. The number of carboxylic acid groups (broad SMARTS) is 1. The van der Waals surface area contributed by atoms with Crippen LogP contribution < -0.4 is 0 Å².